The van der Waals surface area contributed by atoms with Crippen molar-refractivity contribution in [3.05, 3.63) is 24.3 Å². The zero-order chi connectivity index (χ0) is 8.97. The van der Waals surface area contributed by atoms with Gasteiger partial charge in [-0.1, -0.05) is 12.1 Å². The Hall–Kier alpha value is -0.670. The van der Waals surface area contributed by atoms with Crippen molar-refractivity contribution in [2.45, 2.75) is 17.9 Å². The zero-order valence-corrected chi connectivity index (χ0v) is 7.71. The lowest BCUT2D eigenvalue weighted by Gasteiger charge is -2.04. The van der Waals surface area contributed by atoms with Crippen molar-refractivity contribution in [2.24, 2.45) is 0 Å². The third kappa shape index (κ3) is 2.75. The Balaban J connectivity index is 2.57. The number of phenolic OH excluding ortho intramolecular Hbond substituents is 1. The van der Waals surface area contributed by atoms with E-state index in [4.69, 9.17) is 5.11 Å². The summed E-state index contributed by atoms with van der Waals surface area (Å²) in [7, 11) is 0. The molecule has 1 rings (SSSR count). The fourth-order valence-corrected chi connectivity index (χ4v) is 1.60. The van der Waals surface area contributed by atoms with Gasteiger partial charge in [0.25, 0.3) is 0 Å². The van der Waals surface area contributed by atoms with Gasteiger partial charge in [-0.2, -0.15) is 0 Å². The number of aliphatic hydroxyl groups is 1. The summed E-state index contributed by atoms with van der Waals surface area (Å²) in [6.07, 6.45) is -0.338. The molecule has 0 aliphatic heterocycles. The molecule has 0 spiro atoms. The second-order valence-corrected chi connectivity index (χ2v) is 3.69. The van der Waals surface area contributed by atoms with E-state index in [-0.39, 0.29) is 11.9 Å². The van der Waals surface area contributed by atoms with Crippen LogP contribution in [0.4, 0.5) is 0 Å². The summed E-state index contributed by atoms with van der Waals surface area (Å²) in [4.78, 5) is 0.818. The number of hydrogen-bond donors (Lipinski definition) is 2. The van der Waals surface area contributed by atoms with E-state index in [1.54, 1.807) is 19.1 Å². The lowest BCUT2D eigenvalue weighted by atomic mass is 10.3. The van der Waals surface area contributed by atoms with E-state index in [0.717, 1.165) is 4.90 Å². The van der Waals surface area contributed by atoms with Crippen LogP contribution < -0.4 is 0 Å². The maximum Gasteiger partial charge on any atom is 0.129 e. The predicted octanol–water partition coefficient (Wildman–Crippen LogP) is 1.87. The van der Waals surface area contributed by atoms with E-state index in [1.807, 2.05) is 12.1 Å². The van der Waals surface area contributed by atoms with Crippen molar-refractivity contribution in [3.63, 3.8) is 0 Å². The van der Waals surface area contributed by atoms with Crippen molar-refractivity contribution in [1.82, 2.24) is 0 Å². The van der Waals surface area contributed by atoms with Gasteiger partial charge < -0.3 is 10.2 Å². The highest BCUT2D eigenvalue weighted by Crippen LogP contribution is 2.27. The van der Waals surface area contributed by atoms with Crippen molar-refractivity contribution >= 4 is 11.8 Å². The summed E-state index contributed by atoms with van der Waals surface area (Å²) in [5.41, 5.74) is 0. The SMILES string of the molecule is C[C@H](O)CSc1ccccc1O. The van der Waals surface area contributed by atoms with Crippen molar-refractivity contribution in [2.75, 3.05) is 5.75 Å². The van der Waals surface area contributed by atoms with Gasteiger partial charge >= 0.3 is 0 Å². The molecule has 0 unspecified atom stereocenters. The third-order valence-electron chi connectivity index (χ3n) is 1.35. The van der Waals surface area contributed by atoms with Gasteiger partial charge in [-0.05, 0) is 19.1 Å². The molecule has 2 N–H and O–H groups in total. The van der Waals surface area contributed by atoms with E-state index in [0.29, 0.717) is 5.75 Å². The molecule has 0 fully saturated rings. The minimum atomic E-state index is -0.338. The van der Waals surface area contributed by atoms with E-state index >= 15 is 0 Å². The summed E-state index contributed by atoms with van der Waals surface area (Å²) in [5, 5.41) is 18.3. The normalized spacial score (nSPS) is 12.8. The van der Waals surface area contributed by atoms with Crippen LogP contribution in [-0.4, -0.2) is 22.1 Å². The summed E-state index contributed by atoms with van der Waals surface area (Å²) in [6, 6.07) is 7.12. The molecule has 0 radical (unpaired) electrons. The highest BCUT2D eigenvalue weighted by molar-refractivity contribution is 7.99. The van der Waals surface area contributed by atoms with Crippen LogP contribution in [0.1, 0.15) is 6.92 Å². The molecule has 0 saturated heterocycles. The first-order valence-corrected chi connectivity index (χ1v) is 4.77. The van der Waals surface area contributed by atoms with E-state index in [9.17, 15) is 5.11 Å². The first-order valence-electron chi connectivity index (χ1n) is 3.79. The summed E-state index contributed by atoms with van der Waals surface area (Å²) in [5.74, 6) is 0.889. The summed E-state index contributed by atoms with van der Waals surface area (Å²) < 4.78 is 0. The Bertz CT molecular complexity index is 248. The van der Waals surface area contributed by atoms with Crippen molar-refractivity contribution in [1.29, 1.82) is 0 Å². The molecule has 2 nitrogen and oxygen atoms in total. The van der Waals surface area contributed by atoms with Crippen LogP contribution in [0.3, 0.4) is 0 Å². The molecule has 1 atom stereocenters. The van der Waals surface area contributed by atoms with Gasteiger partial charge in [0.05, 0.1) is 6.10 Å². The molecule has 0 aliphatic carbocycles. The fourth-order valence-electron chi connectivity index (χ4n) is 0.790. The first kappa shape index (κ1) is 9.42. The van der Waals surface area contributed by atoms with Gasteiger partial charge in [-0.25, -0.2) is 0 Å². The molecule has 0 saturated carbocycles. The lowest BCUT2D eigenvalue weighted by molar-refractivity contribution is 0.220. The first-order chi connectivity index (χ1) is 5.70. The van der Waals surface area contributed by atoms with Gasteiger partial charge in [0, 0.05) is 10.6 Å². The van der Waals surface area contributed by atoms with Gasteiger partial charge in [-0.3, -0.25) is 0 Å². The van der Waals surface area contributed by atoms with Crippen LogP contribution in [0, 0.1) is 0 Å². The highest BCUT2D eigenvalue weighted by atomic mass is 32.2. The molecule has 0 aromatic heterocycles. The number of phenols is 1. The molecular formula is C9H12O2S. The number of hydrogen-bond acceptors (Lipinski definition) is 3. The number of benzene rings is 1. The Labute approximate surface area is 76.2 Å². The smallest absolute Gasteiger partial charge is 0.129 e. The van der Waals surface area contributed by atoms with Crippen molar-refractivity contribution in [3.8, 4) is 5.75 Å². The lowest BCUT2D eigenvalue weighted by Crippen LogP contribution is -2.02. The molecule has 1 aromatic carbocycles. The van der Waals surface area contributed by atoms with Gasteiger partial charge in [-0.15, -0.1) is 11.8 Å². The standard InChI is InChI=1S/C9H12O2S/c1-7(10)6-12-9-5-3-2-4-8(9)11/h2-5,7,10-11H,6H2,1H3/t7-/m0/s1. The molecule has 0 heterocycles. The Morgan fingerprint density at radius 3 is 2.67 bits per heavy atom. The Kier molecular flexibility index (Phi) is 3.44. The third-order valence-corrected chi connectivity index (χ3v) is 2.65. The van der Waals surface area contributed by atoms with E-state index in [2.05, 4.69) is 0 Å². The topological polar surface area (TPSA) is 40.5 Å². The highest BCUT2D eigenvalue weighted by Gasteiger charge is 2.01. The molecule has 3 heteroatoms. The van der Waals surface area contributed by atoms with Crippen LogP contribution in [-0.2, 0) is 0 Å². The molecule has 0 amide bonds. The maximum atomic E-state index is 9.32. The predicted molar refractivity (Wildman–Crippen MR) is 50.5 cm³/mol. The van der Waals surface area contributed by atoms with Crippen molar-refractivity contribution < 1.29 is 10.2 Å². The maximum absolute atomic E-state index is 9.32. The van der Waals surface area contributed by atoms with Gasteiger partial charge in [0.2, 0.25) is 0 Å². The molecule has 1 aromatic rings. The van der Waals surface area contributed by atoms with E-state index < -0.39 is 0 Å². The summed E-state index contributed by atoms with van der Waals surface area (Å²) in [6.45, 7) is 1.73. The average Bonchev–Trinajstić information content (AvgIpc) is 2.03. The molecular weight excluding hydrogens is 172 g/mol. The molecule has 12 heavy (non-hydrogen) atoms. The van der Waals surface area contributed by atoms with Crippen LogP contribution in [0.15, 0.2) is 29.2 Å². The van der Waals surface area contributed by atoms with Crippen LogP contribution in [0.5, 0.6) is 5.75 Å². The monoisotopic (exact) mass is 184 g/mol. The summed E-state index contributed by atoms with van der Waals surface area (Å²) >= 11 is 1.46. The second kappa shape index (κ2) is 4.38. The number of aliphatic hydroxyl groups excluding tert-OH is 1. The van der Waals surface area contributed by atoms with Crippen LogP contribution >= 0.6 is 11.8 Å². The number of para-hydroxylation sites is 1. The van der Waals surface area contributed by atoms with Crippen LogP contribution in [0.2, 0.25) is 0 Å². The number of thioether (sulfide) groups is 1. The number of aromatic hydroxyl groups is 1. The molecule has 0 bridgehead atoms. The second-order valence-electron chi connectivity index (χ2n) is 2.63. The van der Waals surface area contributed by atoms with E-state index in [1.165, 1.54) is 11.8 Å². The van der Waals surface area contributed by atoms with Gasteiger partial charge in [0.1, 0.15) is 5.75 Å². The molecule has 66 valence electrons. The minimum absolute atomic E-state index is 0.281. The Morgan fingerprint density at radius 1 is 1.42 bits per heavy atom. The van der Waals surface area contributed by atoms with Gasteiger partial charge in [0.15, 0.2) is 0 Å². The zero-order valence-electron chi connectivity index (χ0n) is 6.90. The average molecular weight is 184 g/mol. The fraction of sp³-hybridized carbons (Fsp3) is 0.333. The van der Waals surface area contributed by atoms with Crippen LogP contribution in [0.25, 0.3) is 0 Å². The minimum Gasteiger partial charge on any atom is -0.507 e. The number of rotatable bonds is 3. The quantitative estimate of drug-likeness (QED) is 0.704. The Morgan fingerprint density at radius 2 is 2.08 bits per heavy atom. The largest absolute Gasteiger partial charge is 0.507 e. The molecule has 0 aliphatic rings.